The van der Waals surface area contributed by atoms with E-state index in [1.807, 2.05) is 0 Å². The molecule has 0 unspecified atom stereocenters. The van der Waals surface area contributed by atoms with Gasteiger partial charge in [-0.05, 0) is 55.9 Å². The Kier molecular flexibility index (Phi) is 6.67. The van der Waals surface area contributed by atoms with Crippen LogP contribution in [0.15, 0.2) is 29.2 Å². The third-order valence-electron chi connectivity index (χ3n) is 5.23. The third-order valence-corrected chi connectivity index (χ3v) is 6.67. The molecule has 3 rings (SSSR count). The topological polar surface area (TPSA) is 84.5 Å². The van der Waals surface area contributed by atoms with Crippen molar-refractivity contribution in [1.82, 2.24) is 10.0 Å². The van der Waals surface area contributed by atoms with E-state index in [2.05, 4.69) is 10.0 Å². The van der Waals surface area contributed by atoms with Crippen LogP contribution in [0, 0.1) is 5.92 Å². The summed E-state index contributed by atoms with van der Waals surface area (Å²) in [7, 11) is -3.58. The summed E-state index contributed by atoms with van der Waals surface area (Å²) in [5.74, 6) is 0.418. The molecule has 6 nitrogen and oxygen atoms in total. The standard InChI is InChI=1S/C19H28N2O4S/c22-19(20-13-15-5-2-1-3-6-15)16-8-10-18(11-9-16)26(23,24)21-14-17-7-4-12-25-17/h8-11,15,17,21H,1-7,12-14H2,(H,20,22)/t17-/m0/s1. The summed E-state index contributed by atoms with van der Waals surface area (Å²) in [6.07, 6.45) is 7.93. The first-order valence-electron chi connectivity index (χ1n) is 9.54. The highest BCUT2D eigenvalue weighted by Gasteiger charge is 2.21. The van der Waals surface area contributed by atoms with E-state index in [0.29, 0.717) is 24.6 Å². The van der Waals surface area contributed by atoms with Crippen LogP contribution in [-0.4, -0.2) is 40.1 Å². The van der Waals surface area contributed by atoms with Crippen molar-refractivity contribution in [2.24, 2.45) is 5.92 Å². The largest absolute Gasteiger partial charge is 0.377 e. The van der Waals surface area contributed by atoms with Gasteiger partial charge in [-0.15, -0.1) is 0 Å². The molecule has 2 fully saturated rings. The minimum atomic E-state index is -3.58. The lowest BCUT2D eigenvalue weighted by Gasteiger charge is -2.21. The first kappa shape index (κ1) is 19.3. The Morgan fingerprint density at radius 3 is 2.38 bits per heavy atom. The average Bonchev–Trinajstić information content (AvgIpc) is 3.19. The van der Waals surface area contributed by atoms with Gasteiger partial charge in [-0.1, -0.05) is 19.3 Å². The maximum atomic E-state index is 12.3. The fourth-order valence-corrected chi connectivity index (χ4v) is 4.67. The zero-order chi connectivity index (χ0) is 18.4. The van der Waals surface area contributed by atoms with Crippen LogP contribution in [-0.2, 0) is 14.8 Å². The molecule has 0 spiro atoms. The molecule has 1 amide bonds. The zero-order valence-electron chi connectivity index (χ0n) is 15.1. The summed E-state index contributed by atoms with van der Waals surface area (Å²) in [6, 6.07) is 6.09. The van der Waals surface area contributed by atoms with Crippen molar-refractivity contribution in [3.8, 4) is 0 Å². The molecule has 1 saturated carbocycles. The van der Waals surface area contributed by atoms with Gasteiger partial charge >= 0.3 is 0 Å². The molecule has 1 aromatic carbocycles. The van der Waals surface area contributed by atoms with Gasteiger partial charge in [-0.2, -0.15) is 0 Å². The Labute approximate surface area is 155 Å². The van der Waals surface area contributed by atoms with Crippen LogP contribution in [0.1, 0.15) is 55.3 Å². The highest BCUT2D eigenvalue weighted by Crippen LogP contribution is 2.23. The van der Waals surface area contributed by atoms with Gasteiger partial charge in [0.05, 0.1) is 11.0 Å². The number of carbonyl (C=O) groups excluding carboxylic acids is 1. The molecular formula is C19H28N2O4S. The van der Waals surface area contributed by atoms with Gasteiger partial charge in [0.15, 0.2) is 0 Å². The summed E-state index contributed by atoms with van der Waals surface area (Å²) < 4.78 is 32.7. The highest BCUT2D eigenvalue weighted by molar-refractivity contribution is 7.89. The lowest BCUT2D eigenvalue weighted by atomic mass is 9.89. The minimum Gasteiger partial charge on any atom is -0.377 e. The molecule has 7 heteroatoms. The Morgan fingerprint density at radius 2 is 1.73 bits per heavy atom. The van der Waals surface area contributed by atoms with Crippen molar-refractivity contribution in [2.75, 3.05) is 19.7 Å². The number of carbonyl (C=O) groups is 1. The molecule has 2 aliphatic rings. The Balaban J connectivity index is 1.52. The van der Waals surface area contributed by atoms with Crippen molar-refractivity contribution in [3.63, 3.8) is 0 Å². The first-order chi connectivity index (χ1) is 12.5. The van der Waals surface area contributed by atoms with E-state index in [0.717, 1.165) is 12.8 Å². The molecule has 1 atom stereocenters. The lowest BCUT2D eigenvalue weighted by molar-refractivity contribution is 0.0943. The van der Waals surface area contributed by atoms with Crippen LogP contribution in [0.4, 0.5) is 0 Å². The number of amides is 1. The number of rotatable bonds is 7. The minimum absolute atomic E-state index is 0.0467. The number of sulfonamides is 1. The van der Waals surface area contributed by atoms with Crippen molar-refractivity contribution < 1.29 is 17.9 Å². The van der Waals surface area contributed by atoms with E-state index in [9.17, 15) is 13.2 Å². The van der Waals surface area contributed by atoms with E-state index in [1.54, 1.807) is 12.1 Å². The second kappa shape index (κ2) is 8.97. The van der Waals surface area contributed by atoms with Crippen molar-refractivity contribution in [1.29, 1.82) is 0 Å². The Bertz CT molecular complexity index is 691. The van der Waals surface area contributed by atoms with Gasteiger partial charge in [-0.3, -0.25) is 4.79 Å². The molecule has 26 heavy (non-hydrogen) atoms. The number of benzene rings is 1. The van der Waals surface area contributed by atoms with Gasteiger partial charge in [0, 0.05) is 25.3 Å². The third kappa shape index (κ3) is 5.28. The summed E-state index contributed by atoms with van der Waals surface area (Å²) in [4.78, 5) is 12.4. The maximum absolute atomic E-state index is 12.3. The summed E-state index contributed by atoms with van der Waals surface area (Å²) in [6.45, 7) is 1.67. The van der Waals surface area contributed by atoms with Crippen molar-refractivity contribution in [3.05, 3.63) is 29.8 Å². The predicted octanol–water partition coefficient (Wildman–Crippen LogP) is 2.45. The van der Waals surface area contributed by atoms with Crippen molar-refractivity contribution in [2.45, 2.75) is 55.9 Å². The van der Waals surface area contributed by atoms with E-state index < -0.39 is 10.0 Å². The molecule has 2 N–H and O–H groups in total. The number of ether oxygens (including phenoxy) is 1. The average molecular weight is 381 g/mol. The lowest BCUT2D eigenvalue weighted by Crippen LogP contribution is -2.32. The summed E-state index contributed by atoms with van der Waals surface area (Å²) in [5, 5.41) is 2.97. The SMILES string of the molecule is O=C(NCC1CCCCC1)c1ccc(S(=O)(=O)NC[C@@H]2CCCO2)cc1. The summed E-state index contributed by atoms with van der Waals surface area (Å²) >= 11 is 0. The first-order valence-corrected chi connectivity index (χ1v) is 11.0. The van der Waals surface area contributed by atoms with E-state index >= 15 is 0 Å². The smallest absolute Gasteiger partial charge is 0.251 e. The van der Waals surface area contributed by atoms with Gasteiger partial charge in [0.2, 0.25) is 10.0 Å². The summed E-state index contributed by atoms with van der Waals surface area (Å²) in [5.41, 5.74) is 0.485. The molecule has 144 valence electrons. The predicted molar refractivity (Wildman–Crippen MR) is 99.5 cm³/mol. The molecular weight excluding hydrogens is 352 g/mol. The molecule has 0 aromatic heterocycles. The maximum Gasteiger partial charge on any atom is 0.251 e. The van der Waals surface area contributed by atoms with Crippen LogP contribution in [0.5, 0.6) is 0 Å². The van der Waals surface area contributed by atoms with Crippen LogP contribution < -0.4 is 10.0 Å². The van der Waals surface area contributed by atoms with Crippen LogP contribution >= 0.6 is 0 Å². The second-order valence-corrected chi connectivity index (χ2v) is 8.99. The number of hydrogen-bond donors (Lipinski definition) is 2. The normalized spacial score (nSPS) is 21.6. The van der Waals surface area contributed by atoms with Crippen LogP contribution in [0.25, 0.3) is 0 Å². The molecule has 1 aromatic rings. The van der Waals surface area contributed by atoms with Gasteiger partial charge in [0.1, 0.15) is 0 Å². The Morgan fingerprint density at radius 1 is 1.00 bits per heavy atom. The number of nitrogens with one attached hydrogen (secondary N) is 2. The molecule has 1 heterocycles. The van der Waals surface area contributed by atoms with Gasteiger partial charge < -0.3 is 10.1 Å². The second-order valence-electron chi connectivity index (χ2n) is 7.23. The molecule has 0 radical (unpaired) electrons. The van der Waals surface area contributed by atoms with E-state index in [1.165, 1.54) is 44.2 Å². The Hall–Kier alpha value is -1.44. The molecule has 0 bridgehead atoms. The zero-order valence-corrected chi connectivity index (χ0v) is 15.9. The van der Waals surface area contributed by atoms with Gasteiger partial charge in [-0.25, -0.2) is 13.1 Å². The van der Waals surface area contributed by atoms with E-state index in [4.69, 9.17) is 4.74 Å². The molecule has 1 aliphatic heterocycles. The number of hydrogen-bond acceptors (Lipinski definition) is 4. The van der Waals surface area contributed by atoms with Crippen LogP contribution in [0.2, 0.25) is 0 Å². The highest BCUT2D eigenvalue weighted by atomic mass is 32.2. The molecule has 1 saturated heterocycles. The van der Waals surface area contributed by atoms with Crippen LogP contribution in [0.3, 0.4) is 0 Å². The fourth-order valence-electron chi connectivity index (χ4n) is 3.61. The monoisotopic (exact) mass is 380 g/mol. The van der Waals surface area contributed by atoms with Gasteiger partial charge in [0.25, 0.3) is 5.91 Å². The quantitative estimate of drug-likeness (QED) is 0.761. The fraction of sp³-hybridized carbons (Fsp3) is 0.632. The molecule has 1 aliphatic carbocycles. The van der Waals surface area contributed by atoms with Crippen molar-refractivity contribution >= 4 is 15.9 Å². The van der Waals surface area contributed by atoms with E-state index in [-0.39, 0.29) is 23.5 Å².